The third-order valence-corrected chi connectivity index (χ3v) is 1.67. The van der Waals surface area contributed by atoms with Crippen LogP contribution in [-0.2, 0) is 4.74 Å². The maximum absolute atomic E-state index is 12.2. The second-order valence-electron chi connectivity index (χ2n) is 2.52. The topological polar surface area (TPSA) is 53.3 Å². The molecule has 4 nitrogen and oxygen atoms in total. The van der Waals surface area contributed by atoms with Crippen LogP contribution in [0, 0.1) is 11.3 Å². The van der Waals surface area contributed by atoms with Gasteiger partial charge in [0.2, 0.25) is 0 Å². The maximum atomic E-state index is 12.2. The molecule has 0 aromatic heterocycles. The molecule has 1 aliphatic heterocycles. The number of amides is 1. The number of carbonyl (C=O) groups excluding carboxylic acids is 1. The molecule has 0 aromatic carbocycles. The predicted octanol–water partition coefficient (Wildman–Crippen LogP) is 1.04. The van der Waals surface area contributed by atoms with E-state index in [1.165, 1.54) is 11.0 Å². The van der Waals surface area contributed by atoms with Crippen LogP contribution in [-0.4, -0.2) is 30.4 Å². The molecule has 1 amide bonds. The largest absolute Gasteiger partial charge is 0.413 e. The summed E-state index contributed by atoms with van der Waals surface area (Å²) in [6.45, 7) is 1.19. The standard InChI is InChI=1S/C7H9FN2O2/c8-6(5-9)12-7(11)10-3-1-2-4-10/h6H,1-4H2. The van der Waals surface area contributed by atoms with Gasteiger partial charge in [-0.25, -0.2) is 4.79 Å². The normalized spacial score (nSPS) is 18.5. The molecule has 1 atom stereocenters. The van der Waals surface area contributed by atoms with Crippen molar-refractivity contribution in [3.63, 3.8) is 0 Å². The number of ether oxygens (including phenoxy) is 1. The molecule has 1 unspecified atom stereocenters. The molecule has 1 rings (SSSR count). The Bertz CT molecular complexity index is 208. The molecule has 1 saturated heterocycles. The molecule has 1 fully saturated rings. The van der Waals surface area contributed by atoms with Crippen molar-refractivity contribution in [2.75, 3.05) is 13.1 Å². The van der Waals surface area contributed by atoms with Gasteiger partial charge in [-0.15, -0.1) is 0 Å². The third kappa shape index (κ3) is 2.09. The lowest BCUT2D eigenvalue weighted by molar-refractivity contribution is 0.0313. The molecule has 0 aromatic rings. The summed E-state index contributed by atoms with van der Waals surface area (Å²) in [6, 6.07) is 1.18. The summed E-state index contributed by atoms with van der Waals surface area (Å²) in [7, 11) is 0. The van der Waals surface area contributed by atoms with Gasteiger partial charge in [0.1, 0.15) is 6.07 Å². The number of nitriles is 1. The molecule has 12 heavy (non-hydrogen) atoms. The molecule has 0 radical (unpaired) electrons. The summed E-state index contributed by atoms with van der Waals surface area (Å²) in [4.78, 5) is 12.3. The molecule has 0 saturated carbocycles. The number of carbonyl (C=O) groups is 1. The van der Waals surface area contributed by atoms with Crippen molar-refractivity contribution in [2.24, 2.45) is 0 Å². The van der Waals surface area contributed by atoms with Gasteiger partial charge in [0, 0.05) is 13.1 Å². The zero-order chi connectivity index (χ0) is 8.97. The zero-order valence-corrected chi connectivity index (χ0v) is 6.49. The lowest BCUT2D eigenvalue weighted by Gasteiger charge is -2.14. The Morgan fingerprint density at radius 3 is 2.67 bits per heavy atom. The van der Waals surface area contributed by atoms with Crippen LogP contribution in [0.4, 0.5) is 9.18 Å². The van der Waals surface area contributed by atoms with Crippen molar-refractivity contribution < 1.29 is 13.9 Å². The fourth-order valence-corrected chi connectivity index (χ4v) is 1.09. The number of hydrogen-bond donors (Lipinski definition) is 0. The summed E-state index contributed by atoms with van der Waals surface area (Å²) >= 11 is 0. The van der Waals surface area contributed by atoms with E-state index >= 15 is 0 Å². The average Bonchev–Trinajstić information content (AvgIpc) is 2.56. The molecule has 1 aliphatic rings. The minimum absolute atomic E-state index is 0.594. The average molecular weight is 172 g/mol. The summed E-state index contributed by atoms with van der Waals surface area (Å²) < 4.78 is 16.3. The highest BCUT2D eigenvalue weighted by atomic mass is 19.1. The van der Waals surface area contributed by atoms with E-state index in [4.69, 9.17) is 5.26 Å². The van der Waals surface area contributed by atoms with Gasteiger partial charge in [-0.05, 0) is 12.8 Å². The SMILES string of the molecule is N#CC(F)OC(=O)N1CCCC1. The van der Waals surface area contributed by atoms with Gasteiger partial charge in [-0.2, -0.15) is 9.65 Å². The molecule has 1 heterocycles. The highest BCUT2D eigenvalue weighted by molar-refractivity contribution is 5.68. The number of rotatable bonds is 1. The third-order valence-electron chi connectivity index (χ3n) is 1.67. The van der Waals surface area contributed by atoms with E-state index in [0.29, 0.717) is 13.1 Å². The molecule has 0 spiro atoms. The van der Waals surface area contributed by atoms with Gasteiger partial charge >= 0.3 is 12.5 Å². The number of hydrogen-bond acceptors (Lipinski definition) is 3. The first-order valence-corrected chi connectivity index (χ1v) is 3.73. The molecule has 66 valence electrons. The van der Waals surface area contributed by atoms with E-state index in [9.17, 15) is 9.18 Å². The first-order chi connectivity index (χ1) is 5.74. The van der Waals surface area contributed by atoms with E-state index in [1.807, 2.05) is 0 Å². The highest BCUT2D eigenvalue weighted by Crippen LogP contribution is 2.09. The van der Waals surface area contributed by atoms with E-state index in [2.05, 4.69) is 4.74 Å². The van der Waals surface area contributed by atoms with Crippen LogP contribution in [0.15, 0.2) is 0 Å². The minimum atomic E-state index is -2.14. The van der Waals surface area contributed by atoms with E-state index in [1.54, 1.807) is 0 Å². The quantitative estimate of drug-likeness (QED) is 0.593. The van der Waals surface area contributed by atoms with Crippen molar-refractivity contribution in [1.29, 1.82) is 5.26 Å². The van der Waals surface area contributed by atoms with E-state index in [0.717, 1.165) is 12.8 Å². The van der Waals surface area contributed by atoms with Crippen LogP contribution >= 0.6 is 0 Å². The molecular formula is C7H9FN2O2. The summed E-state index contributed by atoms with van der Waals surface area (Å²) in [5, 5.41) is 8.01. The van der Waals surface area contributed by atoms with Crippen LogP contribution in [0.5, 0.6) is 0 Å². The zero-order valence-electron chi connectivity index (χ0n) is 6.49. The lowest BCUT2D eigenvalue weighted by atomic mass is 10.4. The Morgan fingerprint density at radius 1 is 1.58 bits per heavy atom. The van der Waals surface area contributed by atoms with Crippen LogP contribution in [0.1, 0.15) is 12.8 Å². The Balaban J connectivity index is 2.33. The molecule has 0 aliphatic carbocycles. The number of likely N-dealkylation sites (tertiary alicyclic amines) is 1. The maximum Gasteiger partial charge on any atom is 0.413 e. The first-order valence-electron chi connectivity index (χ1n) is 3.73. The van der Waals surface area contributed by atoms with Gasteiger partial charge in [0.15, 0.2) is 0 Å². The van der Waals surface area contributed by atoms with Crippen LogP contribution in [0.2, 0.25) is 0 Å². The molecule has 0 N–H and O–H groups in total. The van der Waals surface area contributed by atoms with Gasteiger partial charge in [0.05, 0.1) is 0 Å². The van der Waals surface area contributed by atoms with Crippen molar-refractivity contribution in [1.82, 2.24) is 4.90 Å². The van der Waals surface area contributed by atoms with Crippen molar-refractivity contribution >= 4 is 6.09 Å². The minimum Gasteiger partial charge on any atom is -0.401 e. The van der Waals surface area contributed by atoms with E-state index in [-0.39, 0.29) is 0 Å². The molecule has 5 heteroatoms. The number of alkyl halides is 1. The molecular weight excluding hydrogens is 163 g/mol. The number of nitrogens with zero attached hydrogens (tertiary/aromatic N) is 2. The monoisotopic (exact) mass is 172 g/mol. The Morgan fingerprint density at radius 2 is 2.17 bits per heavy atom. The second kappa shape index (κ2) is 3.90. The summed E-state index contributed by atoms with van der Waals surface area (Å²) in [5.74, 6) is 0. The van der Waals surface area contributed by atoms with Gasteiger partial charge in [-0.1, -0.05) is 0 Å². The Hall–Kier alpha value is -1.31. The van der Waals surface area contributed by atoms with Gasteiger partial charge in [0.25, 0.3) is 0 Å². The highest BCUT2D eigenvalue weighted by Gasteiger charge is 2.21. The van der Waals surface area contributed by atoms with Crippen molar-refractivity contribution in [3.05, 3.63) is 0 Å². The van der Waals surface area contributed by atoms with Gasteiger partial charge < -0.3 is 9.64 Å². The van der Waals surface area contributed by atoms with Crippen LogP contribution < -0.4 is 0 Å². The Labute approximate surface area is 69.5 Å². The predicted molar refractivity (Wildman–Crippen MR) is 37.8 cm³/mol. The fourth-order valence-electron chi connectivity index (χ4n) is 1.09. The van der Waals surface area contributed by atoms with Crippen molar-refractivity contribution in [3.8, 4) is 6.07 Å². The van der Waals surface area contributed by atoms with Crippen molar-refractivity contribution in [2.45, 2.75) is 19.2 Å². The smallest absolute Gasteiger partial charge is 0.401 e. The van der Waals surface area contributed by atoms with Gasteiger partial charge in [-0.3, -0.25) is 0 Å². The molecule has 0 bridgehead atoms. The lowest BCUT2D eigenvalue weighted by Crippen LogP contribution is -2.30. The van der Waals surface area contributed by atoms with E-state index < -0.39 is 12.5 Å². The summed E-state index contributed by atoms with van der Waals surface area (Å²) in [6.07, 6.45) is -1.04. The second-order valence-corrected chi connectivity index (χ2v) is 2.52. The summed E-state index contributed by atoms with van der Waals surface area (Å²) in [5.41, 5.74) is 0. The van der Waals surface area contributed by atoms with Crippen LogP contribution in [0.3, 0.4) is 0 Å². The number of halogens is 1. The Kier molecular flexibility index (Phi) is 2.86. The van der Waals surface area contributed by atoms with Crippen LogP contribution in [0.25, 0.3) is 0 Å². The first kappa shape index (κ1) is 8.78. The fraction of sp³-hybridized carbons (Fsp3) is 0.714.